The molecule has 2 aromatic rings. The fraction of sp³-hybridized carbons (Fsp3) is 0.429. The molecule has 3 rings (SSSR count). The molecule has 1 aliphatic rings. The maximum atomic E-state index is 5.86. The standard InChI is InChI=1S/C14H19N5/c1-16-13-14(19-8-4-5-10(19)9-15)18-12-7-3-2-6-11(12)17-13/h2-3,6-7,10H,4-5,8-9,15H2,1H3,(H,16,17)/t10-/m0/s1. The van der Waals surface area contributed by atoms with E-state index < -0.39 is 0 Å². The molecule has 1 saturated heterocycles. The molecule has 0 bridgehead atoms. The van der Waals surface area contributed by atoms with Gasteiger partial charge in [-0.2, -0.15) is 0 Å². The van der Waals surface area contributed by atoms with Gasteiger partial charge in [0.05, 0.1) is 11.0 Å². The van der Waals surface area contributed by atoms with E-state index >= 15 is 0 Å². The lowest BCUT2D eigenvalue weighted by Crippen LogP contribution is -2.36. The van der Waals surface area contributed by atoms with Crippen molar-refractivity contribution in [3.05, 3.63) is 24.3 Å². The molecule has 2 heterocycles. The SMILES string of the molecule is CNc1nc2ccccc2nc1N1CCC[C@H]1CN. The molecule has 100 valence electrons. The van der Waals surface area contributed by atoms with Gasteiger partial charge in [-0.15, -0.1) is 0 Å². The summed E-state index contributed by atoms with van der Waals surface area (Å²) in [5, 5.41) is 3.15. The molecule has 0 unspecified atom stereocenters. The number of aromatic nitrogens is 2. The third-order valence-electron chi connectivity index (χ3n) is 3.71. The first kappa shape index (κ1) is 12.2. The van der Waals surface area contributed by atoms with Gasteiger partial charge in [0.1, 0.15) is 0 Å². The van der Waals surface area contributed by atoms with Gasteiger partial charge in [0, 0.05) is 26.2 Å². The van der Waals surface area contributed by atoms with Gasteiger partial charge < -0.3 is 16.0 Å². The number of anilines is 2. The average Bonchev–Trinajstić information content (AvgIpc) is 2.94. The van der Waals surface area contributed by atoms with Crippen LogP contribution in [0.15, 0.2) is 24.3 Å². The molecular weight excluding hydrogens is 238 g/mol. The van der Waals surface area contributed by atoms with Crippen LogP contribution < -0.4 is 16.0 Å². The smallest absolute Gasteiger partial charge is 0.172 e. The number of fused-ring (bicyclic) bond motifs is 1. The predicted octanol–water partition coefficient (Wildman–Crippen LogP) is 1.60. The highest BCUT2D eigenvalue weighted by Gasteiger charge is 2.27. The zero-order valence-corrected chi connectivity index (χ0v) is 11.1. The second-order valence-electron chi connectivity index (χ2n) is 4.86. The molecule has 1 aromatic heterocycles. The van der Waals surface area contributed by atoms with Crippen molar-refractivity contribution in [3.8, 4) is 0 Å². The van der Waals surface area contributed by atoms with Crippen molar-refractivity contribution in [3.63, 3.8) is 0 Å². The third kappa shape index (κ3) is 2.10. The molecule has 0 saturated carbocycles. The Morgan fingerprint density at radius 1 is 1.32 bits per heavy atom. The minimum atomic E-state index is 0.377. The summed E-state index contributed by atoms with van der Waals surface area (Å²) in [6.45, 7) is 1.67. The molecule has 0 aliphatic carbocycles. The van der Waals surface area contributed by atoms with Gasteiger partial charge in [-0.05, 0) is 25.0 Å². The Bertz CT molecular complexity index is 583. The average molecular weight is 257 g/mol. The molecule has 0 spiro atoms. The van der Waals surface area contributed by atoms with Gasteiger partial charge in [-0.25, -0.2) is 9.97 Å². The van der Waals surface area contributed by atoms with E-state index in [2.05, 4.69) is 15.2 Å². The molecule has 0 radical (unpaired) electrons. The van der Waals surface area contributed by atoms with Crippen LogP contribution in [0.3, 0.4) is 0 Å². The Morgan fingerprint density at radius 3 is 2.74 bits per heavy atom. The summed E-state index contributed by atoms with van der Waals surface area (Å²) in [5.74, 6) is 1.76. The Labute approximate surface area is 112 Å². The van der Waals surface area contributed by atoms with Crippen LogP contribution >= 0.6 is 0 Å². The molecule has 1 aromatic carbocycles. The van der Waals surface area contributed by atoms with E-state index in [0.717, 1.165) is 35.6 Å². The minimum absolute atomic E-state index is 0.377. The summed E-state index contributed by atoms with van der Waals surface area (Å²) in [5.41, 5.74) is 7.70. The van der Waals surface area contributed by atoms with E-state index in [9.17, 15) is 0 Å². The number of nitrogens with one attached hydrogen (secondary N) is 1. The van der Waals surface area contributed by atoms with Crippen LogP contribution in [0.4, 0.5) is 11.6 Å². The van der Waals surface area contributed by atoms with E-state index in [1.54, 1.807) is 0 Å². The molecule has 1 aliphatic heterocycles. The topological polar surface area (TPSA) is 67.1 Å². The van der Waals surface area contributed by atoms with E-state index in [4.69, 9.17) is 10.7 Å². The molecule has 19 heavy (non-hydrogen) atoms. The number of hydrogen-bond acceptors (Lipinski definition) is 5. The molecule has 5 heteroatoms. The molecular formula is C14H19N5. The van der Waals surface area contributed by atoms with Crippen LogP contribution in [-0.4, -0.2) is 36.1 Å². The lowest BCUT2D eigenvalue weighted by Gasteiger charge is -2.26. The van der Waals surface area contributed by atoms with Gasteiger partial charge >= 0.3 is 0 Å². The Morgan fingerprint density at radius 2 is 2.05 bits per heavy atom. The van der Waals surface area contributed by atoms with Crippen molar-refractivity contribution in [1.82, 2.24) is 9.97 Å². The highest BCUT2D eigenvalue weighted by Crippen LogP contribution is 2.30. The number of nitrogens with zero attached hydrogens (tertiary/aromatic N) is 3. The lowest BCUT2D eigenvalue weighted by atomic mass is 10.2. The normalized spacial score (nSPS) is 19.1. The van der Waals surface area contributed by atoms with Crippen molar-refractivity contribution < 1.29 is 0 Å². The van der Waals surface area contributed by atoms with Gasteiger partial charge in [0.15, 0.2) is 11.6 Å². The van der Waals surface area contributed by atoms with Crippen molar-refractivity contribution in [2.45, 2.75) is 18.9 Å². The summed E-state index contributed by atoms with van der Waals surface area (Å²) in [4.78, 5) is 11.7. The number of benzene rings is 1. The second kappa shape index (κ2) is 5.01. The lowest BCUT2D eigenvalue weighted by molar-refractivity contribution is 0.672. The Hall–Kier alpha value is -1.88. The van der Waals surface area contributed by atoms with Gasteiger partial charge in [0.25, 0.3) is 0 Å². The quantitative estimate of drug-likeness (QED) is 0.874. The van der Waals surface area contributed by atoms with Crippen LogP contribution in [0.5, 0.6) is 0 Å². The predicted molar refractivity (Wildman–Crippen MR) is 78.5 cm³/mol. The van der Waals surface area contributed by atoms with Gasteiger partial charge in [-0.1, -0.05) is 12.1 Å². The molecule has 3 N–H and O–H groups in total. The van der Waals surface area contributed by atoms with E-state index in [-0.39, 0.29) is 0 Å². The van der Waals surface area contributed by atoms with Crippen molar-refractivity contribution >= 4 is 22.7 Å². The molecule has 0 amide bonds. The zero-order valence-electron chi connectivity index (χ0n) is 11.1. The van der Waals surface area contributed by atoms with Gasteiger partial charge in [-0.3, -0.25) is 0 Å². The molecule has 1 fully saturated rings. The van der Waals surface area contributed by atoms with Crippen LogP contribution in [-0.2, 0) is 0 Å². The number of rotatable bonds is 3. The number of para-hydroxylation sites is 2. The monoisotopic (exact) mass is 257 g/mol. The first-order chi connectivity index (χ1) is 9.33. The summed E-state index contributed by atoms with van der Waals surface area (Å²) < 4.78 is 0. The van der Waals surface area contributed by atoms with E-state index in [1.807, 2.05) is 31.3 Å². The van der Waals surface area contributed by atoms with E-state index in [1.165, 1.54) is 6.42 Å². The molecule has 1 atom stereocenters. The number of hydrogen-bond donors (Lipinski definition) is 2. The third-order valence-corrected chi connectivity index (χ3v) is 3.71. The minimum Gasteiger partial charge on any atom is -0.370 e. The van der Waals surface area contributed by atoms with E-state index in [0.29, 0.717) is 12.6 Å². The maximum absolute atomic E-state index is 5.86. The summed E-state index contributed by atoms with van der Waals surface area (Å²) in [6, 6.07) is 8.33. The van der Waals surface area contributed by atoms with Crippen molar-refractivity contribution in [2.24, 2.45) is 5.73 Å². The Balaban J connectivity index is 2.10. The summed E-state index contributed by atoms with van der Waals surface area (Å²) in [6.07, 6.45) is 2.30. The van der Waals surface area contributed by atoms with Crippen LogP contribution in [0.25, 0.3) is 11.0 Å². The first-order valence-corrected chi connectivity index (χ1v) is 6.74. The number of nitrogens with two attached hydrogens (primary N) is 1. The molecule has 5 nitrogen and oxygen atoms in total. The largest absolute Gasteiger partial charge is 0.370 e. The highest BCUT2D eigenvalue weighted by atomic mass is 15.3. The first-order valence-electron chi connectivity index (χ1n) is 6.74. The van der Waals surface area contributed by atoms with Crippen molar-refractivity contribution in [1.29, 1.82) is 0 Å². The summed E-state index contributed by atoms with van der Waals surface area (Å²) >= 11 is 0. The van der Waals surface area contributed by atoms with Crippen LogP contribution in [0.2, 0.25) is 0 Å². The maximum Gasteiger partial charge on any atom is 0.172 e. The fourth-order valence-corrected chi connectivity index (χ4v) is 2.72. The Kier molecular flexibility index (Phi) is 3.21. The van der Waals surface area contributed by atoms with Crippen LogP contribution in [0.1, 0.15) is 12.8 Å². The van der Waals surface area contributed by atoms with Crippen molar-refractivity contribution in [2.75, 3.05) is 30.4 Å². The summed E-state index contributed by atoms with van der Waals surface area (Å²) in [7, 11) is 1.88. The fourth-order valence-electron chi connectivity index (χ4n) is 2.72. The second-order valence-corrected chi connectivity index (χ2v) is 4.86. The van der Waals surface area contributed by atoms with Gasteiger partial charge in [0.2, 0.25) is 0 Å². The van der Waals surface area contributed by atoms with Crippen LogP contribution in [0, 0.1) is 0 Å². The zero-order chi connectivity index (χ0) is 13.2. The highest BCUT2D eigenvalue weighted by molar-refractivity contribution is 5.80.